The number of ether oxygens (including phenoxy) is 1. The zero-order valence-electron chi connectivity index (χ0n) is 14.7. The van der Waals surface area contributed by atoms with Gasteiger partial charge in [-0.3, -0.25) is 4.79 Å². The minimum absolute atomic E-state index is 0.0437. The summed E-state index contributed by atoms with van der Waals surface area (Å²) in [5.74, 6) is 0.898. The predicted octanol–water partition coefficient (Wildman–Crippen LogP) is 0.658. The number of aromatic nitrogens is 2. The van der Waals surface area contributed by atoms with Crippen molar-refractivity contribution in [3.63, 3.8) is 0 Å². The largest absolute Gasteiger partial charge is 0.378 e. The number of carbonyl (C=O) groups is 1. The topological polar surface area (TPSA) is 84.6 Å². The minimum atomic E-state index is -0.832. The maximum atomic E-state index is 13.0. The molecule has 1 aliphatic heterocycles. The number of piperazine rings is 1. The fourth-order valence-electron chi connectivity index (χ4n) is 3.68. The molecular weight excluding hydrogens is 306 g/mol. The van der Waals surface area contributed by atoms with Crippen molar-refractivity contribution in [2.24, 2.45) is 11.1 Å². The number of rotatable bonds is 4. The molecule has 1 aromatic rings. The summed E-state index contributed by atoms with van der Waals surface area (Å²) in [5, 5.41) is 8.05. The Morgan fingerprint density at radius 1 is 1.38 bits per heavy atom. The molecule has 2 unspecified atom stereocenters. The van der Waals surface area contributed by atoms with E-state index in [-0.39, 0.29) is 17.4 Å². The van der Waals surface area contributed by atoms with E-state index < -0.39 is 5.54 Å². The predicted molar refractivity (Wildman–Crippen MR) is 91.6 cm³/mol. The van der Waals surface area contributed by atoms with Crippen LogP contribution in [0.25, 0.3) is 0 Å². The first-order chi connectivity index (χ1) is 11.4. The van der Waals surface area contributed by atoms with Crippen molar-refractivity contribution < 1.29 is 9.53 Å². The second-order valence-electron chi connectivity index (χ2n) is 7.20. The maximum absolute atomic E-state index is 13.0. The highest BCUT2D eigenvalue weighted by molar-refractivity contribution is 5.89. The molecule has 1 amide bonds. The molecule has 2 aliphatic rings. The van der Waals surface area contributed by atoms with Crippen LogP contribution in [0.5, 0.6) is 0 Å². The van der Waals surface area contributed by atoms with E-state index >= 15 is 0 Å². The van der Waals surface area contributed by atoms with Crippen LogP contribution in [-0.2, 0) is 9.53 Å². The smallest absolute Gasteiger partial charge is 0.243 e. The number of hydrogen-bond acceptors (Lipinski definition) is 6. The molecule has 7 heteroatoms. The van der Waals surface area contributed by atoms with Gasteiger partial charge in [0.1, 0.15) is 5.54 Å². The number of nitrogens with zero attached hydrogens (tertiary/aromatic N) is 4. The lowest BCUT2D eigenvalue weighted by Crippen LogP contribution is -2.76. The summed E-state index contributed by atoms with van der Waals surface area (Å²) in [5.41, 5.74) is 5.34. The van der Waals surface area contributed by atoms with Gasteiger partial charge in [-0.2, -0.15) is 5.10 Å². The molecule has 132 valence electrons. The number of hydrogen-bond donors (Lipinski definition) is 1. The Bertz CT molecular complexity index is 586. The Labute approximate surface area is 143 Å². The summed E-state index contributed by atoms with van der Waals surface area (Å²) in [6.07, 6.45) is 2.31. The molecule has 1 aliphatic carbocycles. The monoisotopic (exact) mass is 333 g/mol. The Kier molecular flexibility index (Phi) is 4.48. The molecule has 2 atom stereocenters. The zero-order valence-corrected chi connectivity index (χ0v) is 14.7. The first kappa shape index (κ1) is 17.1. The van der Waals surface area contributed by atoms with Gasteiger partial charge < -0.3 is 20.3 Å². The summed E-state index contributed by atoms with van der Waals surface area (Å²) < 4.78 is 5.73. The van der Waals surface area contributed by atoms with Gasteiger partial charge in [0.15, 0.2) is 5.82 Å². The van der Waals surface area contributed by atoms with Crippen molar-refractivity contribution in [3.05, 3.63) is 18.3 Å². The quantitative estimate of drug-likeness (QED) is 0.871. The van der Waals surface area contributed by atoms with Gasteiger partial charge >= 0.3 is 0 Å². The molecule has 0 radical (unpaired) electrons. The van der Waals surface area contributed by atoms with Gasteiger partial charge in [-0.25, -0.2) is 0 Å². The molecule has 0 aromatic carbocycles. The third-order valence-electron chi connectivity index (χ3n) is 5.66. The highest BCUT2D eigenvalue weighted by atomic mass is 16.5. The Hall–Kier alpha value is -1.73. The molecular formula is C17H27N5O2. The first-order valence-corrected chi connectivity index (χ1v) is 8.62. The van der Waals surface area contributed by atoms with E-state index in [9.17, 15) is 4.79 Å². The molecule has 2 N–H and O–H groups in total. The number of carbonyl (C=O) groups excluding carboxylic acids is 1. The van der Waals surface area contributed by atoms with Crippen molar-refractivity contribution in [1.29, 1.82) is 0 Å². The van der Waals surface area contributed by atoms with Crippen LogP contribution in [0.15, 0.2) is 18.3 Å². The number of amides is 1. The van der Waals surface area contributed by atoms with Gasteiger partial charge in [-0.1, -0.05) is 13.8 Å². The van der Waals surface area contributed by atoms with Crippen LogP contribution < -0.4 is 10.6 Å². The lowest BCUT2D eigenvalue weighted by molar-refractivity contribution is -0.179. The van der Waals surface area contributed by atoms with Gasteiger partial charge in [0.25, 0.3) is 0 Å². The Balaban J connectivity index is 1.62. The molecule has 0 bridgehead atoms. The van der Waals surface area contributed by atoms with Crippen LogP contribution >= 0.6 is 0 Å². The van der Waals surface area contributed by atoms with Crippen molar-refractivity contribution in [2.75, 3.05) is 37.7 Å². The minimum Gasteiger partial charge on any atom is -0.378 e. The van der Waals surface area contributed by atoms with Crippen molar-refractivity contribution >= 4 is 11.7 Å². The fraction of sp³-hybridized carbons (Fsp3) is 0.706. The molecule has 1 saturated heterocycles. The zero-order chi connectivity index (χ0) is 17.4. The van der Waals surface area contributed by atoms with Crippen LogP contribution in [0.4, 0.5) is 5.82 Å². The molecule has 7 nitrogen and oxygen atoms in total. The van der Waals surface area contributed by atoms with Crippen LogP contribution in [0.3, 0.4) is 0 Å². The summed E-state index contributed by atoms with van der Waals surface area (Å²) >= 11 is 0. The van der Waals surface area contributed by atoms with E-state index in [2.05, 4.69) is 15.1 Å². The lowest BCUT2D eigenvalue weighted by Gasteiger charge is -2.59. The highest BCUT2D eigenvalue weighted by Gasteiger charge is 2.63. The molecule has 0 spiro atoms. The van der Waals surface area contributed by atoms with E-state index in [1.807, 2.05) is 37.8 Å². The van der Waals surface area contributed by atoms with E-state index in [1.54, 1.807) is 6.20 Å². The molecule has 1 saturated carbocycles. The normalized spacial score (nSPS) is 29.2. The standard InChI is InChI=1S/C17H27N5O2/c1-4-24-13-12-17(18,16(13,2)3)15(23)22-10-8-21(9-11-22)14-6-5-7-19-20-14/h5-7,13H,4,8-12,18H2,1-3H3. The van der Waals surface area contributed by atoms with Crippen molar-refractivity contribution in [1.82, 2.24) is 15.1 Å². The van der Waals surface area contributed by atoms with Gasteiger partial charge in [-0.05, 0) is 19.1 Å². The number of anilines is 1. The van der Waals surface area contributed by atoms with E-state index in [0.717, 1.165) is 18.9 Å². The molecule has 2 heterocycles. The highest BCUT2D eigenvalue weighted by Crippen LogP contribution is 2.50. The molecule has 24 heavy (non-hydrogen) atoms. The SMILES string of the molecule is CCOC1CC(N)(C(=O)N2CCN(c3cccnn3)CC2)C1(C)C. The van der Waals surface area contributed by atoms with E-state index in [0.29, 0.717) is 26.1 Å². The van der Waals surface area contributed by atoms with Crippen LogP contribution in [0.1, 0.15) is 27.2 Å². The third-order valence-corrected chi connectivity index (χ3v) is 5.66. The van der Waals surface area contributed by atoms with Crippen LogP contribution in [0, 0.1) is 5.41 Å². The second-order valence-corrected chi connectivity index (χ2v) is 7.20. The fourth-order valence-corrected chi connectivity index (χ4v) is 3.68. The van der Waals surface area contributed by atoms with E-state index in [1.165, 1.54) is 0 Å². The molecule has 2 fully saturated rings. The summed E-state index contributed by atoms with van der Waals surface area (Å²) in [4.78, 5) is 17.0. The van der Waals surface area contributed by atoms with Gasteiger partial charge in [0, 0.05) is 50.8 Å². The van der Waals surface area contributed by atoms with Crippen LogP contribution in [0.2, 0.25) is 0 Å². The molecule has 1 aromatic heterocycles. The van der Waals surface area contributed by atoms with Crippen LogP contribution in [-0.4, -0.2) is 65.4 Å². The number of nitrogens with two attached hydrogens (primary N) is 1. The second kappa shape index (κ2) is 6.29. The lowest BCUT2D eigenvalue weighted by atomic mass is 9.54. The van der Waals surface area contributed by atoms with Gasteiger partial charge in [0.2, 0.25) is 5.91 Å². The summed E-state index contributed by atoms with van der Waals surface area (Å²) in [7, 11) is 0. The first-order valence-electron chi connectivity index (χ1n) is 8.62. The third kappa shape index (κ3) is 2.65. The van der Waals surface area contributed by atoms with Gasteiger partial charge in [0.05, 0.1) is 6.10 Å². The Morgan fingerprint density at radius 2 is 2.08 bits per heavy atom. The maximum Gasteiger partial charge on any atom is 0.243 e. The van der Waals surface area contributed by atoms with E-state index in [4.69, 9.17) is 10.5 Å². The van der Waals surface area contributed by atoms with Gasteiger partial charge in [-0.15, -0.1) is 5.10 Å². The van der Waals surface area contributed by atoms with Crippen molar-refractivity contribution in [3.8, 4) is 0 Å². The average Bonchev–Trinajstić information content (AvgIpc) is 2.61. The summed E-state index contributed by atoms with van der Waals surface area (Å²) in [6, 6.07) is 3.82. The molecule has 3 rings (SSSR count). The summed E-state index contributed by atoms with van der Waals surface area (Å²) in [6.45, 7) is 9.49. The van der Waals surface area contributed by atoms with Crippen molar-refractivity contribution in [2.45, 2.75) is 38.8 Å². The average molecular weight is 333 g/mol. The Morgan fingerprint density at radius 3 is 2.62 bits per heavy atom.